The molecule has 1 aliphatic rings. The van der Waals surface area contributed by atoms with Crippen LogP contribution in [0.25, 0.3) is 0 Å². The van der Waals surface area contributed by atoms with Crippen LogP contribution in [0.4, 0.5) is 5.69 Å². The fourth-order valence-electron chi connectivity index (χ4n) is 2.91. The lowest BCUT2D eigenvalue weighted by molar-refractivity contribution is -0.122. The number of fused-ring (bicyclic) bond motifs is 1. The zero-order valence-electron chi connectivity index (χ0n) is 13.1. The number of amides is 1. The molecule has 1 aromatic rings. The molecule has 1 unspecified atom stereocenters. The first-order valence-corrected chi connectivity index (χ1v) is 7.82. The van der Waals surface area contributed by atoms with E-state index < -0.39 is 0 Å². The standard InChI is InChI=1S/C17H26N2O2/c1-3-4-5-15(18)11-13-6-7-16-14(10-13)8-9-19(16)17(20)12-21-2/h6-7,10,15H,3-5,8-9,11-12,18H2,1-2H3. The molecule has 1 amide bonds. The van der Waals surface area contributed by atoms with Crippen LogP contribution in [0.2, 0.25) is 0 Å². The van der Waals surface area contributed by atoms with E-state index in [2.05, 4.69) is 25.1 Å². The molecular formula is C17H26N2O2. The average molecular weight is 290 g/mol. The molecule has 0 aromatic heterocycles. The molecule has 1 aromatic carbocycles. The highest BCUT2D eigenvalue weighted by Gasteiger charge is 2.24. The Labute approximate surface area is 127 Å². The number of benzene rings is 1. The summed E-state index contributed by atoms with van der Waals surface area (Å²) >= 11 is 0. The van der Waals surface area contributed by atoms with Crippen LogP contribution in [0.15, 0.2) is 18.2 Å². The predicted molar refractivity (Wildman–Crippen MR) is 85.6 cm³/mol. The van der Waals surface area contributed by atoms with E-state index >= 15 is 0 Å². The van der Waals surface area contributed by atoms with Crippen LogP contribution in [-0.4, -0.2) is 32.2 Å². The van der Waals surface area contributed by atoms with Gasteiger partial charge in [-0.25, -0.2) is 0 Å². The van der Waals surface area contributed by atoms with Gasteiger partial charge in [0.25, 0.3) is 5.91 Å². The molecule has 0 radical (unpaired) electrons. The molecule has 1 aliphatic heterocycles. The van der Waals surface area contributed by atoms with Crippen LogP contribution in [0.1, 0.15) is 37.3 Å². The number of ether oxygens (including phenoxy) is 1. The van der Waals surface area contributed by atoms with Crippen molar-refractivity contribution in [2.24, 2.45) is 5.73 Å². The minimum atomic E-state index is 0.0312. The third-order valence-corrected chi connectivity index (χ3v) is 4.03. The summed E-state index contributed by atoms with van der Waals surface area (Å²) in [5.74, 6) is 0.0312. The summed E-state index contributed by atoms with van der Waals surface area (Å²) in [7, 11) is 1.55. The van der Waals surface area contributed by atoms with Gasteiger partial charge in [0.15, 0.2) is 0 Å². The van der Waals surface area contributed by atoms with Crippen molar-refractivity contribution < 1.29 is 9.53 Å². The van der Waals surface area contributed by atoms with Gasteiger partial charge in [0.05, 0.1) is 0 Å². The number of hydrogen-bond acceptors (Lipinski definition) is 3. The molecule has 0 aliphatic carbocycles. The third-order valence-electron chi connectivity index (χ3n) is 4.03. The van der Waals surface area contributed by atoms with Crippen LogP contribution < -0.4 is 10.6 Å². The first-order chi connectivity index (χ1) is 10.2. The number of anilines is 1. The van der Waals surface area contributed by atoms with Crippen molar-refractivity contribution >= 4 is 11.6 Å². The molecule has 0 fully saturated rings. The summed E-state index contributed by atoms with van der Waals surface area (Å²) in [5, 5.41) is 0. The Hall–Kier alpha value is -1.39. The van der Waals surface area contributed by atoms with Crippen molar-refractivity contribution in [2.45, 2.75) is 45.1 Å². The molecular weight excluding hydrogens is 264 g/mol. The van der Waals surface area contributed by atoms with Gasteiger partial charge in [-0.05, 0) is 36.5 Å². The lowest BCUT2D eigenvalue weighted by atomic mass is 9.99. The second kappa shape index (κ2) is 7.57. The lowest BCUT2D eigenvalue weighted by Crippen LogP contribution is -2.31. The van der Waals surface area contributed by atoms with Crippen LogP contribution >= 0.6 is 0 Å². The Kier molecular flexibility index (Phi) is 5.76. The molecule has 0 bridgehead atoms. The van der Waals surface area contributed by atoms with Gasteiger partial charge >= 0.3 is 0 Å². The number of methoxy groups -OCH3 is 1. The minimum absolute atomic E-state index is 0.0312. The largest absolute Gasteiger partial charge is 0.375 e. The van der Waals surface area contributed by atoms with Gasteiger partial charge in [-0.2, -0.15) is 0 Å². The first-order valence-electron chi connectivity index (χ1n) is 7.82. The van der Waals surface area contributed by atoms with E-state index in [1.165, 1.54) is 24.0 Å². The number of nitrogens with zero attached hydrogens (tertiary/aromatic N) is 1. The average Bonchev–Trinajstić information content (AvgIpc) is 2.88. The van der Waals surface area contributed by atoms with Crippen LogP contribution in [0, 0.1) is 0 Å². The minimum Gasteiger partial charge on any atom is -0.375 e. The van der Waals surface area contributed by atoms with E-state index in [9.17, 15) is 4.79 Å². The Morgan fingerprint density at radius 2 is 2.29 bits per heavy atom. The summed E-state index contributed by atoms with van der Waals surface area (Å²) in [6, 6.07) is 6.60. The molecule has 0 spiro atoms. The molecule has 0 saturated heterocycles. The lowest BCUT2D eigenvalue weighted by Gasteiger charge is -2.17. The summed E-state index contributed by atoms with van der Waals surface area (Å²) in [6.07, 6.45) is 5.29. The van der Waals surface area contributed by atoms with Gasteiger partial charge in [-0.15, -0.1) is 0 Å². The highest BCUT2D eigenvalue weighted by molar-refractivity contribution is 5.96. The SMILES string of the molecule is CCCCC(N)Cc1ccc2c(c1)CCN2C(=O)COC. The van der Waals surface area contributed by atoms with E-state index in [0.717, 1.165) is 31.5 Å². The van der Waals surface area contributed by atoms with Gasteiger partial charge < -0.3 is 15.4 Å². The predicted octanol–water partition coefficient (Wildman–Crippen LogP) is 2.28. The first kappa shape index (κ1) is 16.0. The number of nitrogens with two attached hydrogens (primary N) is 1. The maximum absolute atomic E-state index is 12.0. The van der Waals surface area contributed by atoms with Gasteiger partial charge in [0.1, 0.15) is 6.61 Å². The second-order valence-electron chi connectivity index (χ2n) is 5.80. The number of hydrogen-bond donors (Lipinski definition) is 1. The molecule has 2 N–H and O–H groups in total. The van der Waals surface area contributed by atoms with Crippen molar-refractivity contribution in [1.82, 2.24) is 0 Å². The monoisotopic (exact) mass is 290 g/mol. The Morgan fingerprint density at radius 1 is 1.48 bits per heavy atom. The highest BCUT2D eigenvalue weighted by atomic mass is 16.5. The summed E-state index contributed by atoms with van der Waals surface area (Å²) in [4.78, 5) is 13.8. The van der Waals surface area contributed by atoms with Crippen LogP contribution in [0.5, 0.6) is 0 Å². The van der Waals surface area contributed by atoms with Crippen LogP contribution in [-0.2, 0) is 22.4 Å². The molecule has 2 rings (SSSR count). The van der Waals surface area contributed by atoms with E-state index in [0.29, 0.717) is 0 Å². The highest BCUT2D eigenvalue weighted by Crippen LogP contribution is 2.29. The molecule has 4 heteroatoms. The molecule has 0 saturated carbocycles. The zero-order chi connectivity index (χ0) is 15.2. The molecule has 1 atom stereocenters. The van der Waals surface area contributed by atoms with Crippen molar-refractivity contribution in [2.75, 3.05) is 25.2 Å². The van der Waals surface area contributed by atoms with Crippen molar-refractivity contribution in [3.05, 3.63) is 29.3 Å². The van der Waals surface area contributed by atoms with Gasteiger partial charge in [0.2, 0.25) is 0 Å². The molecule has 21 heavy (non-hydrogen) atoms. The normalized spacial score (nSPS) is 15.1. The van der Waals surface area contributed by atoms with Crippen molar-refractivity contribution in [3.63, 3.8) is 0 Å². The molecule has 116 valence electrons. The van der Waals surface area contributed by atoms with Crippen molar-refractivity contribution in [1.29, 1.82) is 0 Å². The third kappa shape index (κ3) is 4.05. The number of rotatable bonds is 7. The summed E-state index contributed by atoms with van der Waals surface area (Å²) in [6.45, 7) is 3.08. The Bertz CT molecular complexity index is 488. The zero-order valence-corrected chi connectivity index (χ0v) is 13.1. The Balaban J connectivity index is 2.02. The van der Waals surface area contributed by atoms with Gasteiger partial charge in [0, 0.05) is 25.4 Å². The van der Waals surface area contributed by atoms with Gasteiger partial charge in [-0.1, -0.05) is 31.9 Å². The smallest absolute Gasteiger partial charge is 0.252 e. The van der Waals surface area contributed by atoms with E-state index in [-0.39, 0.29) is 18.6 Å². The number of carbonyl (C=O) groups excluding carboxylic acids is 1. The maximum Gasteiger partial charge on any atom is 0.252 e. The number of carbonyl (C=O) groups is 1. The van der Waals surface area contributed by atoms with E-state index in [1.807, 2.05) is 4.90 Å². The Morgan fingerprint density at radius 3 is 3.00 bits per heavy atom. The van der Waals surface area contributed by atoms with Crippen LogP contribution in [0.3, 0.4) is 0 Å². The topological polar surface area (TPSA) is 55.6 Å². The fraction of sp³-hybridized carbons (Fsp3) is 0.588. The molecule has 4 nitrogen and oxygen atoms in total. The summed E-state index contributed by atoms with van der Waals surface area (Å²) in [5.41, 5.74) is 9.73. The quantitative estimate of drug-likeness (QED) is 0.838. The van der Waals surface area contributed by atoms with E-state index in [4.69, 9.17) is 10.5 Å². The molecule has 1 heterocycles. The number of unbranched alkanes of at least 4 members (excludes halogenated alkanes) is 1. The fourth-order valence-corrected chi connectivity index (χ4v) is 2.91. The van der Waals surface area contributed by atoms with E-state index in [1.54, 1.807) is 7.11 Å². The van der Waals surface area contributed by atoms with Gasteiger partial charge in [-0.3, -0.25) is 4.79 Å². The second-order valence-corrected chi connectivity index (χ2v) is 5.80. The maximum atomic E-state index is 12.0. The summed E-state index contributed by atoms with van der Waals surface area (Å²) < 4.78 is 4.94. The van der Waals surface area contributed by atoms with Crippen molar-refractivity contribution in [3.8, 4) is 0 Å².